The largest absolute Gasteiger partial charge is 0.443 e. The molecule has 8 nitrogen and oxygen atoms in total. The number of aryl methyl sites for hydroxylation is 2. The van der Waals surface area contributed by atoms with Crippen LogP contribution in [0.15, 0.2) is 15.6 Å². The zero-order valence-corrected chi connectivity index (χ0v) is 21.0. The number of rotatable bonds is 7. The number of nitrogens with zero attached hydrogens (tertiary/aromatic N) is 5. The summed E-state index contributed by atoms with van der Waals surface area (Å²) in [5, 5.41) is 15.5. The number of aliphatic imine (C=N–C) groups is 1. The molecular weight excluding hydrogens is 493 g/mol. The molecule has 0 saturated carbocycles. The fourth-order valence-corrected chi connectivity index (χ4v) is 3.40. The van der Waals surface area contributed by atoms with Crippen molar-refractivity contribution in [1.29, 1.82) is 0 Å². The maximum atomic E-state index is 5.82. The lowest BCUT2D eigenvalue weighted by molar-refractivity contribution is 0.383. The van der Waals surface area contributed by atoms with Crippen LogP contribution in [-0.2, 0) is 31.3 Å². The van der Waals surface area contributed by atoms with Crippen LogP contribution < -0.4 is 10.6 Å². The molecule has 168 valence electrons. The first-order chi connectivity index (χ1) is 14.0. The zero-order valence-electron chi connectivity index (χ0n) is 18.7. The summed E-state index contributed by atoms with van der Waals surface area (Å²) < 4.78 is 8.14. The van der Waals surface area contributed by atoms with Crippen LogP contribution in [0.4, 0.5) is 0 Å². The lowest BCUT2D eigenvalue weighted by Crippen LogP contribution is -2.37. The standard InChI is InChI=1S/C21H35N7O.HI/c1-5-22-20(25-15-19-24-14-16(29-19)21(2,3)4)23-12-9-11-18-27-26-17-10-7-6-8-13-28(17)18;/h14H,5-13,15H2,1-4H3,(H2,22,23,25);1H. The molecule has 2 aromatic heterocycles. The van der Waals surface area contributed by atoms with Gasteiger partial charge >= 0.3 is 0 Å². The molecule has 3 heterocycles. The van der Waals surface area contributed by atoms with Crippen molar-refractivity contribution in [3.63, 3.8) is 0 Å². The van der Waals surface area contributed by atoms with Gasteiger partial charge in [0.15, 0.2) is 5.96 Å². The number of guanidine groups is 1. The molecule has 0 bridgehead atoms. The molecule has 1 aliphatic rings. The average Bonchev–Trinajstić information content (AvgIpc) is 3.24. The van der Waals surface area contributed by atoms with Crippen molar-refractivity contribution in [3.05, 3.63) is 29.5 Å². The SMILES string of the molecule is CCNC(=NCc1ncc(C(C)(C)C)o1)NCCCc1nnc2n1CCCCC2.I. The predicted molar refractivity (Wildman–Crippen MR) is 129 cm³/mol. The van der Waals surface area contributed by atoms with Gasteiger partial charge in [-0.2, -0.15) is 0 Å². The van der Waals surface area contributed by atoms with Gasteiger partial charge in [0.25, 0.3) is 0 Å². The Hall–Kier alpha value is -1.65. The monoisotopic (exact) mass is 529 g/mol. The van der Waals surface area contributed by atoms with Crippen LogP contribution in [0.5, 0.6) is 0 Å². The van der Waals surface area contributed by atoms with Gasteiger partial charge in [0, 0.05) is 37.9 Å². The highest BCUT2D eigenvalue weighted by Gasteiger charge is 2.19. The third-order valence-corrected chi connectivity index (χ3v) is 5.07. The van der Waals surface area contributed by atoms with E-state index in [4.69, 9.17) is 4.42 Å². The zero-order chi connectivity index (χ0) is 20.7. The third-order valence-electron chi connectivity index (χ3n) is 5.07. The van der Waals surface area contributed by atoms with E-state index in [1.807, 2.05) is 0 Å². The second-order valence-electron chi connectivity index (χ2n) is 8.59. The van der Waals surface area contributed by atoms with Gasteiger partial charge in [-0.25, -0.2) is 9.98 Å². The van der Waals surface area contributed by atoms with E-state index in [1.54, 1.807) is 6.20 Å². The molecule has 0 atom stereocenters. The Morgan fingerprint density at radius 2 is 2.03 bits per heavy atom. The summed E-state index contributed by atoms with van der Waals surface area (Å²) in [4.78, 5) is 8.95. The van der Waals surface area contributed by atoms with Gasteiger partial charge in [-0.3, -0.25) is 0 Å². The maximum Gasteiger partial charge on any atom is 0.216 e. The topological polar surface area (TPSA) is 93.2 Å². The molecule has 0 spiro atoms. The minimum Gasteiger partial charge on any atom is -0.443 e. The molecule has 30 heavy (non-hydrogen) atoms. The first-order valence-electron chi connectivity index (χ1n) is 10.9. The fourth-order valence-electron chi connectivity index (χ4n) is 3.40. The van der Waals surface area contributed by atoms with Crippen molar-refractivity contribution in [2.45, 2.75) is 84.7 Å². The Labute approximate surface area is 196 Å². The lowest BCUT2D eigenvalue weighted by Gasteiger charge is -2.13. The number of oxazole rings is 1. The number of halogens is 1. The van der Waals surface area contributed by atoms with Crippen molar-refractivity contribution in [3.8, 4) is 0 Å². The fraction of sp³-hybridized carbons (Fsp3) is 0.714. The number of aromatic nitrogens is 4. The Bertz CT molecular complexity index is 807. The highest BCUT2D eigenvalue weighted by molar-refractivity contribution is 14.0. The van der Waals surface area contributed by atoms with Gasteiger partial charge in [-0.1, -0.05) is 27.2 Å². The van der Waals surface area contributed by atoms with E-state index < -0.39 is 0 Å². The van der Waals surface area contributed by atoms with Crippen LogP contribution in [0.3, 0.4) is 0 Å². The molecule has 0 aromatic carbocycles. The first kappa shape index (κ1) is 24.6. The normalized spacial score (nSPS) is 14.6. The highest BCUT2D eigenvalue weighted by Crippen LogP contribution is 2.22. The van der Waals surface area contributed by atoms with Crippen LogP contribution >= 0.6 is 24.0 Å². The molecule has 0 saturated heterocycles. The van der Waals surface area contributed by atoms with Crippen LogP contribution in [0, 0.1) is 0 Å². The average molecular weight is 529 g/mol. The number of fused-ring (bicyclic) bond motifs is 1. The molecule has 9 heteroatoms. The van der Waals surface area contributed by atoms with E-state index in [1.165, 1.54) is 19.3 Å². The predicted octanol–water partition coefficient (Wildman–Crippen LogP) is 3.60. The molecule has 0 unspecified atom stereocenters. The first-order valence-corrected chi connectivity index (χ1v) is 10.9. The Morgan fingerprint density at radius 3 is 2.77 bits per heavy atom. The summed E-state index contributed by atoms with van der Waals surface area (Å²) in [6, 6.07) is 0. The Morgan fingerprint density at radius 1 is 1.20 bits per heavy atom. The van der Waals surface area contributed by atoms with Gasteiger partial charge in [0.05, 0.1) is 6.20 Å². The van der Waals surface area contributed by atoms with Crippen molar-refractivity contribution in [1.82, 2.24) is 30.4 Å². The summed E-state index contributed by atoms with van der Waals surface area (Å²) in [6.07, 6.45) is 8.50. The van der Waals surface area contributed by atoms with Crippen molar-refractivity contribution in [2.24, 2.45) is 4.99 Å². The smallest absolute Gasteiger partial charge is 0.216 e. The summed E-state index contributed by atoms with van der Waals surface area (Å²) in [5.41, 5.74) is -0.0440. The Balaban J connectivity index is 0.00000320. The van der Waals surface area contributed by atoms with Crippen molar-refractivity contribution < 1.29 is 4.42 Å². The highest BCUT2D eigenvalue weighted by atomic mass is 127. The molecule has 1 aliphatic heterocycles. The minimum absolute atomic E-state index is 0. The minimum atomic E-state index is -0.0440. The quantitative estimate of drug-likeness (QED) is 0.247. The Kier molecular flexibility index (Phi) is 9.57. The van der Waals surface area contributed by atoms with Gasteiger partial charge in [-0.15, -0.1) is 34.2 Å². The van der Waals surface area contributed by atoms with E-state index in [-0.39, 0.29) is 29.4 Å². The summed E-state index contributed by atoms with van der Waals surface area (Å²) in [6.45, 7) is 11.5. The summed E-state index contributed by atoms with van der Waals surface area (Å²) >= 11 is 0. The van der Waals surface area contributed by atoms with Crippen molar-refractivity contribution >= 4 is 29.9 Å². The maximum absolute atomic E-state index is 5.82. The van der Waals surface area contributed by atoms with Crippen molar-refractivity contribution in [2.75, 3.05) is 13.1 Å². The molecule has 2 N–H and O–H groups in total. The van der Waals surface area contributed by atoms with Gasteiger partial charge < -0.3 is 19.6 Å². The summed E-state index contributed by atoms with van der Waals surface area (Å²) in [5.74, 6) is 4.57. The number of hydrogen-bond donors (Lipinski definition) is 2. The third kappa shape index (κ3) is 6.95. The second kappa shape index (κ2) is 11.7. The van der Waals surface area contributed by atoms with Gasteiger partial charge in [0.1, 0.15) is 24.0 Å². The molecule has 0 amide bonds. The lowest BCUT2D eigenvalue weighted by atomic mass is 9.94. The summed E-state index contributed by atoms with van der Waals surface area (Å²) in [7, 11) is 0. The molecule has 0 radical (unpaired) electrons. The van der Waals surface area contributed by atoms with E-state index in [0.29, 0.717) is 12.4 Å². The van der Waals surface area contributed by atoms with Crippen LogP contribution in [0.1, 0.15) is 76.7 Å². The number of hydrogen-bond acceptors (Lipinski definition) is 5. The molecular formula is C21H36IN7O. The van der Waals surface area contributed by atoms with Gasteiger partial charge in [-0.05, 0) is 26.2 Å². The van der Waals surface area contributed by atoms with E-state index in [9.17, 15) is 0 Å². The van der Waals surface area contributed by atoms with Gasteiger partial charge in [0.2, 0.25) is 5.89 Å². The van der Waals surface area contributed by atoms with E-state index in [0.717, 1.165) is 62.3 Å². The molecule has 2 aromatic rings. The van der Waals surface area contributed by atoms with Crippen LogP contribution in [0.25, 0.3) is 0 Å². The van der Waals surface area contributed by atoms with Crippen LogP contribution in [0.2, 0.25) is 0 Å². The molecule has 3 rings (SSSR count). The molecule has 0 fully saturated rings. The van der Waals surface area contributed by atoms with E-state index >= 15 is 0 Å². The molecule has 0 aliphatic carbocycles. The van der Waals surface area contributed by atoms with E-state index in [2.05, 4.69) is 63.1 Å². The van der Waals surface area contributed by atoms with Crippen LogP contribution in [-0.4, -0.2) is 38.8 Å². The second-order valence-corrected chi connectivity index (χ2v) is 8.59. The number of nitrogens with one attached hydrogen (secondary N) is 2.